The summed E-state index contributed by atoms with van der Waals surface area (Å²) in [6.45, 7) is 9.39. The summed E-state index contributed by atoms with van der Waals surface area (Å²) in [6.07, 6.45) is 46.0. The molecule has 2 heteroatoms. The monoisotopic (exact) mass is 546 g/mol. The summed E-state index contributed by atoms with van der Waals surface area (Å²) in [5.41, 5.74) is 0. The van der Waals surface area contributed by atoms with Crippen LogP contribution in [0.4, 0.5) is 0 Å². The zero-order valence-electron chi connectivity index (χ0n) is 27.5. The molecule has 1 heterocycles. The Balaban J connectivity index is 2.11. The molecule has 0 bridgehead atoms. The lowest BCUT2D eigenvalue weighted by atomic mass is 10.0. The molecule has 0 saturated carbocycles. The maximum atomic E-state index is 2.60. The Hall–Kier alpha value is -0.790. The lowest BCUT2D eigenvalue weighted by Gasteiger charge is -2.07. The Bertz CT molecular complexity index is 605. The van der Waals surface area contributed by atoms with E-state index in [9.17, 15) is 0 Å². The quantitative estimate of drug-likeness (QED) is 0.0648. The molecule has 0 saturated heterocycles. The van der Waals surface area contributed by atoms with E-state index in [0.717, 1.165) is 0 Å². The van der Waals surface area contributed by atoms with Crippen LogP contribution in [0.2, 0.25) is 0 Å². The van der Waals surface area contributed by atoms with Crippen LogP contribution < -0.4 is 4.57 Å². The van der Waals surface area contributed by atoms with Crippen LogP contribution in [0, 0.1) is 0 Å². The third-order valence-electron chi connectivity index (χ3n) is 8.85. The molecule has 0 atom stereocenters. The van der Waals surface area contributed by atoms with Gasteiger partial charge in [0.15, 0.2) is 0 Å². The second-order valence-corrected chi connectivity index (χ2v) is 12.7. The average molecular weight is 546 g/mol. The van der Waals surface area contributed by atoms with Crippen LogP contribution in [0.1, 0.15) is 206 Å². The van der Waals surface area contributed by atoms with Crippen molar-refractivity contribution in [2.75, 3.05) is 0 Å². The van der Waals surface area contributed by atoms with Gasteiger partial charge < -0.3 is 0 Å². The van der Waals surface area contributed by atoms with Crippen molar-refractivity contribution in [2.45, 2.75) is 220 Å². The Morgan fingerprint density at radius 2 is 0.795 bits per heavy atom. The highest BCUT2D eigenvalue weighted by atomic mass is 15.1. The third kappa shape index (κ3) is 21.6. The Kier molecular flexibility index (Phi) is 26.7. The molecule has 1 rings (SSSR count). The van der Waals surface area contributed by atoms with Gasteiger partial charge >= 0.3 is 0 Å². The molecule has 1 aromatic rings. The van der Waals surface area contributed by atoms with Crippen LogP contribution >= 0.6 is 0 Å². The molecule has 2 nitrogen and oxygen atoms in total. The van der Waals surface area contributed by atoms with Gasteiger partial charge in [-0.1, -0.05) is 168 Å². The molecule has 0 radical (unpaired) electrons. The molecular formula is C37H73N2+. The average Bonchev–Trinajstić information content (AvgIpc) is 3.33. The first kappa shape index (κ1) is 36.2. The first-order chi connectivity index (χ1) is 19.3. The summed E-state index contributed by atoms with van der Waals surface area (Å²) in [4.78, 5) is 0. The van der Waals surface area contributed by atoms with Gasteiger partial charge in [-0.05, 0) is 32.1 Å². The number of nitrogens with zero attached hydrogens (tertiary/aromatic N) is 2. The van der Waals surface area contributed by atoms with Crippen molar-refractivity contribution in [3.8, 4) is 0 Å². The predicted molar refractivity (Wildman–Crippen MR) is 175 cm³/mol. The number of aromatic nitrogens is 2. The fourth-order valence-electron chi connectivity index (χ4n) is 6.15. The molecule has 230 valence electrons. The number of hydrogen-bond acceptors (Lipinski definition) is 0. The zero-order chi connectivity index (χ0) is 28.1. The molecule has 0 amide bonds. The number of imidazole rings is 1. The fourth-order valence-corrected chi connectivity index (χ4v) is 6.15. The number of rotatable bonds is 31. The zero-order valence-corrected chi connectivity index (χ0v) is 27.5. The summed E-state index contributed by atoms with van der Waals surface area (Å²) >= 11 is 0. The summed E-state index contributed by atoms with van der Waals surface area (Å²) < 4.78 is 5.20. The van der Waals surface area contributed by atoms with Crippen LogP contribution in [-0.2, 0) is 19.5 Å². The van der Waals surface area contributed by atoms with E-state index in [2.05, 4.69) is 42.3 Å². The van der Waals surface area contributed by atoms with Gasteiger partial charge in [0.05, 0.1) is 13.1 Å². The molecule has 0 unspecified atom stereocenters. The second-order valence-electron chi connectivity index (χ2n) is 12.7. The van der Waals surface area contributed by atoms with Gasteiger partial charge in [-0.15, -0.1) is 0 Å². The van der Waals surface area contributed by atoms with E-state index in [1.165, 1.54) is 199 Å². The maximum Gasteiger partial charge on any atom is 0.256 e. The standard InChI is InChI=1S/C37H73N2/c1-4-7-10-12-14-16-17-18-19-20-21-22-24-26-28-31-34-39-36-35-38(37(39)32-29-9-6-3)33-30-27-25-23-15-13-11-8-5-2/h35-36H,4-34H2,1-3H3/q+1. The molecule has 39 heavy (non-hydrogen) atoms. The lowest BCUT2D eigenvalue weighted by Crippen LogP contribution is -2.37. The highest BCUT2D eigenvalue weighted by Crippen LogP contribution is 2.15. The minimum atomic E-state index is 1.23. The van der Waals surface area contributed by atoms with Crippen molar-refractivity contribution in [1.29, 1.82) is 0 Å². The smallest absolute Gasteiger partial charge is 0.234 e. The van der Waals surface area contributed by atoms with Crippen LogP contribution in [0.25, 0.3) is 0 Å². The van der Waals surface area contributed by atoms with Gasteiger partial charge in [-0.2, -0.15) is 0 Å². The van der Waals surface area contributed by atoms with E-state index >= 15 is 0 Å². The van der Waals surface area contributed by atoms with E-state index in [0.29, 0.717) is 0 Å². The van der Waals surface area contributed by atoms with Crippen molar-refractivity contribution in [1.82, 2.24) is 4.57 Å². The van der Waals surface area contributed by atoms with E-state index in [-0.39, 0.29) is 0 Å². The summed E-state index contributed by atoms with van der Waals surface area (Å²) in [5, 5.41) is 0. The van der Waals surface area contributed by atoms with Crippen LogP contribution in [0.5, 0.6) is 0 Å². The van der Waals surface area contributed by atoms with Gasteiger partial charge in [0.1, 0.15) is 12.4 Å². The molecule has 0 aromatic carbocycles. The minimum Gasteiger partial charge on any atom is -0.234 e. The lowest BCUT2D eigenvalue weighted by molar-refractivity contribution is -0.704. The molecular weight excluding hydrogens is 472 g/mol. The topological polar surface area (TPSA) is 8.81 Å². The Morgan fingerprint density at radius 1 is 0.436 bits per heavy atom. The van der Waals surface area contributed by atoms with Crippen molar-refractivity contribution >= 4 is 0 Å². The van der Waals surface area contributed by atoms with E-state index in [1.54, 1.807) is 5.82 Å². The normalized spacial score (nSPS) is 11.6. The van der Waals surface area contributed by atoms with Crippen molar-refractivity contribution < 1.29 is 4.57 Å². The number of unbranched alkanes of at least 4 members (excludes halogenated alkanes) is 25. The van der Waals surface area contributed by atoms with Gasteiger partial charge in [0.25, 0.3) is 5.82 Å². The largest absolute Gasteiger partial charge is 0.256 e. The fraction of sp³-hybridized carbons (Fsp3) is 0.919. The number of hydrogen-bond donors (Lipinski definition) is 0. The van der Waals surface area contributed by atoms with E-state index in [4.69, 9.17) is 0 Å². The summed E-state index contributed by atoms with van der Waals surface area (Å²) in [7, 11) is 0. The summed E-state index contributed by atoms with van der Waals surface area (Å²) in [5.74, 6) is 1.60. The molecule has 0 N–H and O–H groups in total. The molecule has 1 aromatic heterocycles. The number of aryl methyl sites for hydroxylation is 2. The minimum absolute atomic E-state index is 1.23. The van der Waals surface area contributed by atoms with Gasteiger partial charge in [-0.3, -0.25) is 0 Å². The summed E-state index contributed by atoms with van der Waals surface area (Å²) in [6, 6.07) is 0. The first-order valence-electron chi connectivity index (χ1n) is 18.4. The predicted octanol–water partition coefficient (Wildman–Crippen LogP) is 12.3. The van der Waals surface area contributed by atoms with Gasteiger partial charge in [0.2, 0.25) is 0 Å². The molecule has 0 spiro atoms. The SMILES string of the molecule is CCCCCCCCCCCCCCCCCCn1cc[n+](CCCCCCCCCCC)c1CCCCC. The van der Waals surface area contributed by atoms with E-state index in [1.807, 2.05) is 0 Å². The molecule has 0 aliphatic carbocycles. The third-order valence-corrected chi connectivity index (χ3v) is 8.85. The van der Waals surface area contributed by atoms with Crippen molar-refractivity contribution in [3.63, 3.8) is 0 Å². The van der Waals surface area contributed by atoms with Gasteiger partial charge in [-0.25, -0.2) is 9.13 Å². The van der Waals surface area contributed by atoms with Gasteiger partial charge in [0, 0.05) is 6.42 Å². The Morgan fingerprint density at radius 3 is 1.23 bits per heavy atom. The van der Waals surface area contributed by atoms with Crippen molar-refractivity contribution in [3.05, 3.63) is 18.2 Å². The molecule has 0 fully saturated rings. The van der Waals surface area contributed by atoms with Crippen molar-refractivity contribution in [2.24, 2.45) is 0 Å². The molecule has 0 aliphatic heterocycles. The maximum absolute atomic E-state index is 2.60. The van der Waals surface area contributed by atoms with Crippen LogP contribution in [0.3, 0.4) is 0 Å². The first-order valence-corrected chi connectivity index (χ1v) is 18.4. The highest BCUT2D eigenvalue weighted by Gasteiger charge is 2.16. The second kappa shape index (κ2) is 28.7. The van der Waals surface area contributed by atoms with Crippen LogP contribution in [-0.4, -0.2) is 4.57 Å². The molecule has 0 aliphatic rings. The van der Waals surface area contributed by atoms with E-state index < -0.39 is 0 Å². The highest BCUT2D eigenvalue weighted by molar-refractivity contribution is 4.84. The van der Waals surface area contributed by atoms with Crippen LogP contribution in [0.15, 0.2) is 12.4 Å². The Labute approximate surface area is 247 Å².